The van der Waals surface area contributed by atoms with Crippen molar-refractivity contribution in [3.8, 4) is 0 Å². The molecule has 0 radical (unpaired) electrons. The molecule has 0 atom stereocenters. The fourth-order valence-electron chi connectivity index (χ4n) is 3.01. The highest BCUT2D eigenvalue weighted by Crippen LogP contribution is 2.24. The van der Waals surface area contributed by atoms with Gasteiger partial charge in [0.25, 0.3) is 0 Å². The number of hydrogen-bond donors (Lipinski definition) is 2. The summed E-state index contributed by atoms with van der Waals surface area (Å²) in [5.41, 5.74) is 1.21. The molecule has 1 aromatic heterocycles. The van der Waals surface area contributed by atoms with E-state index in [1.807, 2.05) is 6.92 Å². The van der Waals surface area contributed by atoms with E-state index >= 15 is 0 Å². The third-order valence-corrected chi connectivity index (χ3v) is 7.60. The van der Waals surface area contributed by atoms with Crippen molar-refractivity contribution in [1.29, 1.82) is 0 Å². The van der Waals surface area contributed by atoms with Gasteiger partial charge in [-0.3, -0.25) is 4.99 Å². The molecule has 2 rings (SSSR count). The molecule has 9 heteroatoms. The van der Waals surface area contributed by atoms with Crippen molar-refractivity contribution in [1.82, 2.24) is 19.9 Å². The summed E-state index contributed by atoms with van der Waals surface area (Å²) in [7, 11) is -3.08. The molecule has 0 unspecified atom stereocenters. The van der Waals surface area contributed by atoms with Crippen LogP contribution in [0.4, 0.5) is 0 Å². The number of piperidine rings is 1. The van der Waals surface area contributed by atoms with Crippen LogP contribution in [0.25, 0.3) is 0 Å². The van der Waals surface area contributed by atoms with E-state index in [9.17, 15) is 8.42 Å². The van der Waals surface area contributed by atoms with E-state index in [1.165, 1.54) is 0 Å². The Hall–Kier alpha value is -1.19. The maximum absolute atomic E-state index is 12.0. The van der Waals surface area contributed by atoms with Crippen LogP contribution in [0.5, 0.6) is 0 Å². The monoisotopic (exact) mass is 429 g/mol. The number of aromatic nitrogens is 1. The topological polar surface area (TPSA) is 86.7 Å². The largest absolute Gasteiger partial charge is 0.357 e. The number of aliphatic imine (C=N–C) groups is 1. The summed E-state index contributed by atoms with van der Waals surface area (Å²) < 4.78 is 25.6. The Balaban J connectivity index is 1.86. The van der Waals surface area contributed by atoms with Crippen LogP contribution in [0.1, 0.15) is 58.2 Å². The second-order valence-electron chi connectivity index (χ2n) is 8.11. The summed E-state index contributed by atoms with van der Waals surface area (Å²) in [5.74, 6) is 0.968. The number of rotatable bonds is 7. The predicted molar refractivity (Wildman–Crippen MR) is 118 cm³/mol. The minimum Gasteiger partial charge on any atom is -0.357 e. The smallest absolute Gasteiger partial charge is 0.213 e. The number of nitrogens with one attached hydrogen (secondary N) is 2. The maximum Gasteiger partial charge on any atom is 0.213 e. The van der Waals surface area contributed by atoms with Gasteiger partial charge in [0.05, 0.1) is 16.5 Å². The van der Waals surface area contributed by atoms with E-state index in [0.29, 0.717) is 19.6 Å². The first-order valence-electron chi connectivity index (χ1n) is 10.1. The number of hydrogen-bond acceptors (Lipinski definition) is 5. The summed E-state index contributed by atoms with van der Waals surface area (Å²) in [4.78, 5) is 9.41. The summed E-state index contributed by atoms with van der Waals surface area (Å²) in [5, 5.41) is 10.0. The normalized spacial score (nSPS) is 17.7. The molecule has 2 N–H and O–H groups in total. The van der Waals surface area contributed by atoms with E-state index in [4.69, 9.17) is 4.98 Å². The molecular weight excluding hydrogens is 394 g/mol. The number of nitrogens with zero attached hydrogens (tertiary/aromatic N) is 3. The Kier molecular flexibility index (Phi) is 8.27. The van der Waals surface area contributed by atoms with Crippen molar-refractivity contribution in [2.45, 2.75) is 65.3 Å². The van der Waals surface area contributed by atoms with Crippen LogP contribution in [-0.4, -0.2) is 61.6 Å². The van der Waals surface area contributed by atoms with Gasteiger partial charge in [-0.25, -0.2) is 17.7 Å². The molecule has 1 aromatic rings. The second kappa shape index (κ2) is 10.0. The Morgan fingerprint density at radius 3 is 2.54 bits per heavy atom. The number of guanidine groups is 1. The zero-order valence-corrected chi connectivity index (χ0v) is 19.4. The lowest BCUT2D eigenvalue weighted by Gasteiger charge is -2.32. The van der Waals surface area contributed by atoms with Crippen molar-refractivity contribution in [2.75, 3.05) is 31.9 Å². The quantitative estimate of drug-likeness (QED) is 0.513. The average molecular weight is 430 g/mol. The van der Waals surface area contributed by atoms with Crippen LogP contribution in [0, 0.1) is 0 Å². The third-order valence-electron chi connectivity index (χ3n) is 4.81. The van der Waals surface area contributed by atoms with Crippen molar-refractivity contribution in [3.63, 3.8) is 0 Å². The lowest BCUT2D eigenvalue weighted by Crippen LogP contribution is -2.50. The summed E-state index contributed by atoms with van der Waals surface area (Å²) in [6.07, 6.45) is 2.42. The number of sulfonamides is 1. The predicted octanol–water partition coefficient (Wildman–Crippen LogP) is 2.35. The standard InChI is InChI=1S/C19H35N5O2S2/c1-6-20-18(21-11-8-17-23-16(14-27-17)19(3,4)5)22-15-9-12-24(13-10-15)28(25,26)7-2/h14-15H,6-13H2,1-5H3,(H2,20,21,22). The van der Waals surface area contributed by atoms with Crippen LogP contribution in [0.3, 0.4) is 0 Å². The maximum atomic E-state index is 12.0. The molecule has 2 heterocycles. The molecule has 1 aliphatic heterocycles. The average Bonchev–Trinajstić information content (AvgIpc) is 3.12. The molecule has 28 heavy (non-hydrogen) atoms. The van der Waals surface area contributed by atoms with Crippen LogP contribution >= 0.6 is 11.3 Å². The van der Waals surface area contributed by atoms with Gasteiger partial charge in [-0.15, -0.1) is 11.3 Å². The van der Waals surface area contributed by atoms with Gasteiger partial charge in [-0.05, 0) is 26.7 Å². The zero-order valence-electron chi connectivity index (χ0n) is 17.8. The SMILES string of the molecule is CCNC(=NCCc1nc(C(C)(C)C)cs1)NC1CCN(S(=O)(=O)CC)CC1. The highest BCUT2D eigenvalue weighted by atomic mass is 32.2. The minimum atomic E-state index is -3.08. The lowest BCUT2D eigenvalue weighted by atomic mass is 9.93. The van der Waals surface area contributed by atoms with Crippen molar-refractivity contribution in [3.05, 3.63) is 16.1 Å². The molecule has 1 aliphatic rings. The Morgan fingerprint density at radius 2 is 2.00 bits per heavy atom. The fraction of sp³-hybridized carbons (Fsp3) is 0.789. The Bertz CT molecular complexity index is 745. The highest BCUT2D eigenvalue weighted by Gasteiger charge is 2.27. The van der Waals surface area contributed by atoms with Gasteiger partial charge in [0, 0.05) is 49.4 Å². The molecule has 0 aromatic carbocycles. The van der Waals surface area contributed by atoms with E-state index in [0.717, 1.165) is 42.5 Å². The van der Waals surface area contributed by atoms with E-state index in [2.05, 4.69) is 41.8 Å². The van der Waals surface area contributed by atoms with Crippen molar-refractivity contribution >= 4 is 27.3 Å². The first-order valence-corrected chi connectivity index (χ1v) is 12.6. The summed E-state index contributed by atoms with van der Waals surface area (Å²) in [6, 6.07) is 0.244. The Labute approximate surface area is 174 Å². The molecule has 1 fully saturated rings. The number of thiazole rings is 1. The molecule has 0 aliphatic carbocycles. The lowest BCUT2D eigenvalue weighted by molar-refractivity contribution is 0.306. The molecule has 1 saturated heterocycles. The third kappa shape index (κ3) is 6.70. The van der Waals surface area contributed by atoms with Crippen molar-refractivity contribution < 1.29 is 8.42 Å². The minimum absolute atomic E-state index is 0.0780. The van der Waals surface area contributed by atoms with E-state index in [1.54, 1.807) is 22.6 Å². The van der Waals surface area contributed by atoms with Gasteiger partial charge < -0.3 is 10.6 Å². The molecule has 0 spiro atoms. The molecule has 0 amide bonds. The van der Waals surface area contributed by atoms with Gasteiger partial charge in [0.2, 0.25) is 10.0 Å². The molecule has 0 saturated carbocycles. The van der Waals surface area contributed by atoms with Gasteiger partial charge >= 0.3 is 0 Å². The first-order chi connectivity index (χ1) is 13.2. The van der Waals surface area contributed by atoms with Gasteiger partial charge in [-0.1, -0.05) is 20.8 Å². The van der Waals surface area contributed by atoms with Crippen LogP contribution in [-0.2, 0) is 21.9 Å². The first kappa shape index (κ1) is 23.1. The van der Waals surface area contributed by atoms with E-state index in [-0.39, 0.29) is 17.2 Å². The van der Waals surface area contributed by atoms with Crippen molar-refractivity contribution in [2.24, 2.45) is 4.99 Å². The van der Waals surface area contributed by atoms with E-state index < -0.39 is 10.0 Å². The fourth-order valence-corrected chi connectivity index (χ4v) is 5.15. The van der Waals surface area contributed by atoms with Gasteiger partial charge in [0.15, 0.2) is 5.96 Å². The van der Waals surface area contributed by atoms with Crippen LogP contribution in [0.2, 0.25) is 0 Å². The van der Waals surface area contributed by atoms with Crippen LogP contribution in [0.15, 0.2) is 10.4 Å². The molecule has 160 valence electrons. The Morgan fingerprint density at radius 1 is 1.32 bits per heavy atom. The molecule has 7 nitrogen and oxygen atoms in total. The highest BCUT2D eigenvalue weighted by molar-refractivity contribution is 7.89. The molecular formula is C19H35N5O2S2. The zero-order chi connectivity index (χ0) is 20.8. The molecule has 0 bridgehead atoms. The summed E-state index contributed by atoms with van der Waals surface area (Å²) >= 11 is 1.70. The van der Waals surface area contributed by atoms with Gasteiger partial charge in [0.1, 0.15) is 0 Å². The second-order valence-corrected chi connectivity index (χ2v) is 11.3. The van der Waals surface area contributed by atoms with Crippen LogP contribution < -0.4 is 10.6 Å². The van der Waals surface area contributed by atoms with Gasteiger partial charge in [-0.2, -0.15) is 0 Å². The summed E-state index contributed by atoms with van der Waals surface area (Å²) in [6.45, 7) is 12.9.